The first-order chi connectivity index (χ1) is 12.5. The molecule has 0 amide bonds. The maximum atomic E-state index is 12.5. The smallest absolute Gasteiger partial charge is 0.332 e. The Kier molecular flexibility index (Phi) is 4.61. The molecule has 0 aliphatic heterocycles. The summed E-state index contributed by atoms with van der Waals surface area (Å²) in [6.07, 6.45) is 1.62. The van der Waals surface area contributed by atoms with Crippen LogP contribution < -0.4 is 21.4 Å². The SMILES string of the molecule is CCn1c(=O)c2c(nc(NN=Cc3cccc(OC)c3)n2C)n(C)c1=O. The molecule has 1 aromatic carbocycles. The lowest BCUT2D eigenvalue weighted by Gasteiger charge is -2.05. The number of imidazole rings is 1. The highest BCUT2D eigenvalue weighted by molar-refractivity contribution is 5.81. The van der Waals surface area contributed by atoms with Crippen molar-refractivity contribution in [2.75, 3.05) is 12.5 Å². The number of hydrogen-bond donors (Lipinski definition) is 1. The Balaban J connectivity index is 1.99. The fourth-order valence-corrected chi connectivity index (χ4v) is 2.71. The Hall–Kier alpha value is -3.36. The summed E-state index contributed by atoms with van der Waals surface area (Å²) in [5.74, 6) is 1.09. The van der Waals surface area contributed by atoms with E-state index < -0.39 is 5.69 Å². The molecule has 9 heteroatoms. The van der Waals surface area contributed by atoms with E-state index in [1.54, 1.807) is 38.9 Å². The number of fused-ring (bicyclic) bond motifs is 1. The monoisotopic (exact) mass is 356 g/mol. The van der Waals surface area contributed by atoms with Gasteiger partial charge in [0.15, 0.2) is 11.2 Å². The lowest BCUT2D eigenvalue weighted by Crippen LogP contribution is -2.39. The van der Waals surface area contributed by atoms with Crippen molar-refractivity contribution >= 4 is 23.3 Å². The molecule has 0 unspecified atom stereocenters. The van der Waals surface area contributed by atoms with Crippen molar-refractivity contribution in [3.63, 3.8) is 0 Å². The minimum absolute atomic E-state index is 0.295. The van der Waals surface area contributed by atoms with E-state index in [9.17, 15) is 9.59 Å². The Labute approximate surface area is 149 Å². The molecule has 1 N–H and O–H groups in total. The molecule has 0 spiro atoms. The maximum absolute atomic E-state index is 12.5. The summed E-state index contributed by atoms with van der Waals surface area (Å²) in [5, 5.41) is 4.16. The van der Waals surface area contributed by atoms with Crippen molar-refractivity contribution in [1.29, 1.82) is 0 Å². The first-order valence-corrected chi connectivity index (χ1v) is 8.07. The zero-order valence-corrected chi connectivity index (χ0v) is 15.1. The predicted octanol–water partition coefficient (Wildman–Crippen LogP) is 0.908. The minimum atomic E-state index is -0.394. The molecule has 9 nitrogen and oxygen atoms in total. The van der Waals surface area contributed by atoms with Crippen LogP contribution in [0.25, 0.3) is 11.2 Å². The van der Waals surface area contributed by atoms with E-state index in [2.05, 4.69) is 15.5 Å². The largest absolute Gasteiger partial charge is 0.497 e. The highest BCUT2D eigenvalue weighted by Gasteiger charge is 2.17. The van der Waals surface area contributed by atoms with E-state index in [-0.39, 0.29) is 5.56 Å². The van der Waals surface area contributed by atoms with Gasteiger partial charge in [-0.15, -0.1) is 0 Å². The fourth-order valence-electron chi connectivity index (χ4n) is 2.71. The van der Waals surface area contributed by atoms with Gasteiger partial charge in [0.1, 0.15) is 5.75 Å². The van der Waals surface area contributed by atoms with Crippen LogP contribution in [0, 0.1) is 0 Å². The van der Waals surface area contributed by atoms with E-state index in [1.165, 1.54) is 9.13 Å². The molecule has 2 heterocycles. The molecule has 0 radical (unpaired) electrons. The topological polar surface area (TPSA) is 95.4 Å². The number of nitrogens with one attached hydrogen (secondary N) is 1. The molecule has 3 rings (SSSR count). The number of hydrogen-bond acceptors (Lipinski definition) is 6. The summed E-state index contributed by atoms with van der Waals surface area (Å²) in [6, 6.07) is 7.42. The van der Waals surface area contributed by atoms with Gasteiger partial charge >= 0.3 is 5.69 Å². The third kappa shape index (κ3) is 2.87. The molecule has 0 aliphatic carbocycles. The molecule has 0 fully saturated rings. The maximum Gasteiger partial charge on any atom is 0.332 e. The van der Waals surface area contributed by atoms with Gasteiger partial charge in [-0.1, -0.05) is 12.1 Å². The van der Waals surface area contributed by atoms with Gasteiger partial charge in [-0.05, 0) is 24.6 Å². The summed E-state index contributed by atoms with van der Waals surface area (Å²) in [4.78, 5) is 29.1. The average molecular weight is 356 g/mol. The Morgan fingerprint density at radius 2 is 2.04 bits per heavy atom. The second kappa shape index (κ2) is 6.87. The molecule has 0 saturated carbocycles. The lowest BCUT2D eigenvalue weighted by molar-refractivity contribution is 0.415. The van der Waals surface area contributed by atoms with Crippen LogP contribution >= 0.6 is 0 Å². The van der Waals surface area contributed by atoms with E-state index in [0.29, 0.717) is 23.7 Å². The van der Waals surface area contributed by atoms with Crippen LogP contribution in [0.1, 0.15) is 12.5 Å². The zero-order valence-electron chi connectivity index (χ0n) is 15.1. The van der Waals surface area contributed by atoms with Crippen molar-refractivity contribution in [3.05, 3.63) is 50.7 Å². The molecule has 3 aromatic rings. The molecule has 0 bridgehead atoms. The number of hydrazone groups is 1. The lowest BCUT2D eigenvalue weighted by atomic mass is 10.2. The first-order valence-electron chi connectivity index (χ1n) is 8.07. The third-order valence-electron chi connectivity index (χ3n) is 4.15. The molecule has 0 aliphatic rings. The molecule has 2 aromatic heterocycles. The normalized spacial score (nSPS) is 11.4. The van der Waals surface area contributed by atoms with Gasteiger partial charge in [-0.2, -0.15) is 10.1 Å². The van der Waals surface area contributed by atoms with Crippen molar-refractivity contribution in [2.45, 2.75) is 13.5 Å². The van der Waals surface area contributed by atoms with Crippen LogP contribution in [-0.2, 0) is 20.6 Å². The van der Waals surface area contributed by atoms with Crippen molar-refractivity contribution in [1.82, 2.24) is 18.7 Å². The number of aryl methyl sites for hydroxylation is 2. The van der Waals surface area contributed by atoms with Crippen molar-refractivity contribution < 1.29 is 4.74 Å². The van der Waals surface area contributed by atoms with Gasteiger partial charge < -0.3 is 9.30 Å². The van der Waals surface area contributed by atoms with Crippen molar-refractivity contribution in [3.8, 4) is 5.75 Å². The van der Waals surface area contributed by atoms with Crippen LogP contribution in [-0.4, -0.2) is 32.0 Å². The standard InChI is InChI=1S/C17H20N6O3/c1-5-23-15(24)13-14(22(3)17(23)25)19-16(21(13)2)20-18-10-11-7-6-8-12(9-11)26-4/h6-10H,5H2,1-4H3,(H,19,20). The van der Waals surface area contributed by atoms with Crippen LogP contribution in [0.4, 0.5) is 5.95 Å². The molecule has 136 valence electrons. The van der Waals surface area contributed by atoms with Gasteiger partial charge in [-0.3, -0.25) is 13.9 Å². The Morgan fingerprint density at radius 1 is 1.27 bits per heavy atom. The number of aromatic nitrogens is 4. The predicted molar refractivity (Wildman–Crippen MR) is 100 cm³/mol. The number of methoxy groups -OCH3 is 1. The molecular weight excluding hydrogens is 336 g/mol. The van der Waals surface area contributed by atoms with Crippen LogP contribution in [0.5, 0.6) is 5.75 Å². The second-order valence-corrected chi connectivity index (χ2v) is 5.70. The number of ether oxygens (including phenoxy) is 1. The summed E-state index contributed by atoms with van der Waals surface area (Å²) in [5.41, 5.74) is 3.55. The minimum Gasteiger partial charge on any atom is -0.497 e. The van der Waals surface area contributed by atoms with E-state index >= 15 is 0 Å². The quantitative estimate of drug-likeness (QED) is 0.541. The summed E-state index contributed by atoms with van der Waals surface area (Å²) < 4.78 is 9.29. The average Bonchev–Trinajstić information content (AvgIpc) is 2.97. The Bertz CT molecular complexity index is 1110. The zero-order chi connectivity index (χ0) is 18.8. The summed E-state index contributed by atoms with van der Waals surface area (Å²) >= 11 is 0. The molecular formula is C17H20N6O3. The van der Waals surface area contributed by atoms with E-state index in [0.717, 1.165) is 11.3 Å². The molecule has 0 saturated heterocycles. The van der Waals surface area contributed by atoms with E-state index in [4.69, 9.17) is 4.74 Å². The van der Waals surface area contributed by atoms with Gasteiger partial charge in [0.05, 0.1) is 13.3 Å². The fraction of sp³-hybridized carbons (Fsp3) is 0.294. The third-order valence-corrected chi connectivity index (χ3v) is 4.15. The van der Waals surface area contributed by atoms with E-state index in [1.807, 2.05) is 24.3 Å². The van der Waals surface area contributed by atoms with Gasteiger partial charge in [0, 0.05) is 20.6 Å². The summed E-state index contributed by atoms with van der Waals surface area (Å²) in [7, 11) is 4.89. The second-order valence-electron chi connectivity index (χ2n) is 5.70. The van der Waals surface area contributed by atoms with Crippen molar-refractivity contribution in [2.24, 2.45) is 19.2 Å². The highest BCUT2D eigenvalue weighted by atomic mass is 16.5. The number of rotatable bonds is 5. The number of nitrogens with zero attached hydrogens (tertiary/aromatic N) is 5. The van der Waals surface area contributed by atoms with Crippen LogP contribution in [0.15, 0.2) is 39.0 Å². The molecule has 26 heavy (non-hydrogen) atoms. The number of anilines is 1. The number of benzene rings is 1. The van der Waals surface area contributed by atoms with Crippen LogP contribution in [0.3, 0.4) is 0 Å². The van der Waals surface area contributed by atoms with Gasteiger partial charge in [0.25, 0.3) is 5.56 Å². The van der Waals surface area contributed by atoms with Crippen LogP contribution in [0.2, 0.25) is 0 Å². The van der Waals surface area contributed by atoms with Gasteiger partial charge in [0.2, 0.25) is 5.95 Å². The van der Waals surface area contributed by atoms with Gasteiger partial charge in [-0.25, -0.2) is 10.2 Å². The first kappa shape index (κ1) is 17.5. The summed E-state index contributed by atoms with van der Waals surface area (Å²) in [6.45, 7) is 2.05. The Morgan fingerprint density at radius 3 is 2.73 bits per heavy atom. The molecule has 0 atom stereocenters. The highest BCUT2D eigenvalue weighted by Crippen LogP contribution is 2.14.